The number of hydrogen-bond acceptors (Lipinski definition) is 6. The molecule has 0 saturated heterocycles. The van der Waals surface area contributed by atoms with Gasteiger partial charge in [-0.15, -0.1) is 0 Å². The number of hydrogen-bond donors (Lipinski definition) is 3. The van der Waals surface area contributed by atoms with Crippen LogP contribution in [-0.4, -0.2) is 42.2 Å². The lowest BCUT2D eigenvalue weighted by Gasteiger charge is -2.26. The summed E-state index contributed by atoms with van der Waals surface area (Å²) in [4.78, 5) is 12.6. The van der Waals surface area contributed by atoms with Crippen molar-refractivity contribution < 1.29 is 18.3 Å². The Labute approximate surface area is 206 Å². The van der Waals surface area contributed by atoms with Crippen LogP contribution in [0.4, 0.5) is 8.78 Å². The number of esters is 1. The van der Waals surface area contributed by atoms with Crippen molar-refractivity contribution in [3.63, 3.8) is 0 Å². The van der Waals surface area contributed by atoms with Gasteiger partial charge in [0, 0.05) is 31.0 Å². The Morgan fingerprint density at radius 1 is 1.06 bits per heavy atom. The number of nitrogens with two attached hydrogens (primary N) is 2. The number of carbonyl (C=O) groups is 1. The van der Waals surface area contributed by atoms with E-state index in [0.717, 1.165) is 36.6 Å². The zero-order valence-corrected chi connectivity index (χ0v) is 20.9. The number of aryl methyl sites for hydroxylation is 1. The van der Waals surface area contributed by atoms with Crippen molar-refractivity contribution in [1.82, 2.24) is 5.32 Å². The molecule has 0 radical (unpaired) electrons. The number of ether oxygens (including phenoxy) is 1. The molecule has 0 aliphatic carbocycles. The molecule has 0 aromatic heterocycles. The van der Waals surface area contributed by atoms with Gasteiger partial charge in [0.1, 0.15) is 23.8 Å². The van der Waals surface area contributed by atoms with Crippen LogP contribution in [0.25, 0.3) is 0 Å². The summed E-state index contributed by atoms with van der Waals surface area (Å²) in [5.41, 5.74) is 15.1. The summed E-state index contributed by atoms with van der Waals surface area (Å²) in [6.45, 7) is 5.07. The summed E-state index contributed by atoms with van der Waals surface area (Å²) in [5.74, 6) is -0.465. The average Bonchev–Trinajstić information content (AvgIpc) is 2.80. The van der Waals surface area contributed by atoms with Crippen molar-refractivity contribution in [2.45, 2.75) is 64.3 Å². The first-order valence-electron chi connectivity index (χ1n) is 11.8. The van der Waals surface area contributed by atoms with Crippen LogP contribution in [0.3, 0.4) is 0 Å². The molecule has 0 aliphatic rings. The molecule has 0 fully saturated rings. The number of rotatable bonds is 15. The second-order valence-corrected chi connectivity index (χ2v) is 9.61. The molecule has 0 amide bonds. The smallest absolute Gasteiger partial charge is 0.324 e. The molecule has 0 aliphatic heterocycles. The average molecular weight is 494 g/mol. The van der Waals surface area contributed by atoms with Gasteiger partial charge in [0.05, 0.1) is 0 Å². The van der Waals surface area contributed by atoms with Crippen molar-refractivity contribution in [2.75, 3.05) is 18.1 Å². The lowest BCUT2D eigenvalue weighted by molar-refractivity contribution is -0.151. The Bertz CT molecular complexity index is 880. The molecule has 0 bridgehead atoms. The van der Waals surface area contributed by atoms with Crippen LogP contribution < -0.4 is 16.8 Å². The zero-order valence-electron chi connectivity index (χ0n) is 20.1. The molecule has 2 aromatic rings. The van der Waals surface area contributed by atoms with Crippen LogP contribution in [0.1, 0.15) is 43.4 Å². The predicted molar refractivity (Wildman–Crippen MR) is 136 cm³/mol. The van der Waals surface area contributed by atoms with E-state index in [1.807, 2.05) is 12.1 Å². The lowest BCUT2D eigenvalue weighted by atomic mass is 10.0. The maximum absolute atomic E-state index is 13.6. The number of carbonyl (C=O) groups excluding carboxylic acids is 1. The molecule has 188 valence electrons. The number of benzene rings is 2. The number of unbranched alkanes of at least 4 members (excludes halogenated alkanes) is 1. The van der Waals surface area contributed by atoms with Crippen LogP contribution in [-0.2, 0) is 28.9 Å². The molecule has 0 heterocycles. The highest BCUT2D eigenvalue weighted by atomic mass is 32.2. The molecule has 2 unspecified atom stereocenters. The van der Waals surface area contributed by atoms with Crippen molar-refractivity contribution in [3.8, 4) is 0 Å². The molecule has 0 saturated carbocycles. The fourth-order valence-corrected chi connectivity index (χ4v) is 4.54. The zero-order chi connectivity index (χ0) is 24.9. The fraction of sp³-hybridized carbons (Fsp3) is 0.500. The molecule has 34 heavy (non-hydrogen) atoms. The van der Waals surface area contributed by atoms with E-state index in [9.17, 15) is 13.6 Å². The lowest BCUT2D eigenvalue weighted by Crippen LogP contribution is -2.48. The largest absolute Gasteiger partial charge is 0.458 e. The molecule has 8 heteroatoms. The molecule has 0 spiro atoms. The van der Waals surface area contributed by atoms with Gasteiger partial charge in [-0.3, -0.25) is 4.79 Å². The van der Waals surface area contributed by atoms with Crippen LogP contribution >= 0.6 is 11.8 Å². The Morgan fingerprint density at radius 3 is 2.44 bits per heavy atom. The van der Waals surface area contributed by atoms with Gasteiger partial charge in [0.25, 0.3) is 0 Å². The summed E-state index contributed by atoms with van der Waals surface area (Å²) in [7, 11) is 0. The Balaban J connectivity index is 2.02. The Kier molecular flexibility index (Phi) is 12.5. The first-order chi connectivity index (χ1) is 16.3. The van der Waals surface area contributed by atoms with Crippen molar-refractivity contribution in [1.29, 1.82) is 0 Å². The maximum Gasteiger partial charge on any atom is 0.324 e. The Morgan fingerprint density at radius 2 is 1.76 bits per heavy atom. The third-order valence-corrected chi connectivity index (χ3v) is 6.63. The maximum atomic E-state index is 13.6. The summed E-state index contributed by atoms with van der Waals surface area (Å²) in [6, 6.07) is 10.1. The molecular formula is C26H37F2N3O2S. The van der Waals surface area contributed by atoms with E-state index < -0.39 is 35.8 Å². The van der Waals surface area contributed by atoms with E-state index in [1.54, 1.807) is 11.8 Å². The van der Waals surface area contributed by atoms with E-state index in [1.165, 1.54) is 17.7 Å². The second-order valence-electron chi connectivity index (χ2n) is 8.46. The van der Waals surface area contributed by atoms with Crippen LogP contribution in [0.2, 0.25) is 0 Å². The SMILES string of the molecule is CCCCSC[C@@H](N)C(=O)OC(CNCc1cccc(CC)c1)C(N)Cc1cc(F)cc(F)c1. The molecule has 5 N–H and O–H groups in total. The topological polar surface area (TPSA) is 90.4 Å². The minimum atomic E-state index is -0.760. The normalized spacial score (nSPS) is 13.9. The second kappa shape index (κ2) is 15.1. The molecular weight excluding hydrogens is 456 g/mol. The van der Waals surface area contributed by atoms with Gasteiger partial charge in [-0.1, -0.05) is 44.5 Å². The molecule has 5 nitrogen and oxygen atoms in total. The molecule has 2 rings (SSSR count). The quantitative estimate of drug-likeness (QED) is 0.257. The van der Waals surface area contributed by atoms with E-state index in [0.29, 0.717) is 17.9 Å². The summed E-state index contributed by atoms with van der Waals surface area (Å²) in [5, 5.41) is 3.30. The van der Waals surface area contributed by atoms with Gasteiger partial charge in [-0.25, -0.2) is 8.78 Å². The molecule has 3 atom stereocenters. The fourth-order valence-electron chi connectivity index (χ4n) is 3.49. The summed E-state index contributed by atoms with van der Waals surface area (Å²) >= 11 is 1.62. The highest BCUT2D eigenvalue weighted by Gasteiger charge is 2.26. The summed E-state index contributed by atoms with van der Waals surface area (Å²) in [6.07, 6.45) is 2.53. The van der Waals surface area contributed by atoms with E-state index >= 15 is 0 Å². The van der Waals surface area contributed by atoms with E-state index in [-0.39, 0.29) is 13.0 Å². The number of nitrogens with one attached hydrogen (secondary N) is 1. The van der Waals surface area contributed by atoms with E-state index in [2.05, 4.69) is 31.3 Å². The predicted octanol–water partition coefficient (Wildman–Crippen LogP) is 3.96. The molecule has 2 aromatic carbocycles. The van der Waals surface area contributed by atoms with Crippen LogP contribution in [0.15, 0.2) is 42.5 Å². The van der Waals surface area contributed by atoms with E-state index in [4.69, 9.17) is 16.2 Å². The first-order valence-corrected chi connectivity index (χ1v) is 13.0. The van der Waals surface area contributed by atoms with Crippen molar-refractivity contribution in [2.24, 2.45) is 11.5 Å². The van der Waals surface area contributed by atoms with Crippen molar-refractivity contribution in [3.05, 3.63) is 70.8 Å². The minimum absolute atomic E-state index is 0.153. The monoisotopic (exact) mass is 493 g/mol. The van der Waals surface area contributed by atoms with Gasteiger partial charge in [-0.05, 0) is 53.8 Å². The van der Waals surface area contributed by atoms with Gasteiger partial charge in [0.15, 0.2) is 0 Å². The minimum Gasteiger partial charge on any atom is -0.458 e. The van der Waals surface area contributed by atoms with Crippen molar-refractivity contribution >= 4 is 17.7 Å². The van der Waals surface area contributed by atoms with Gasteiger partial charge in [-0.2, -0.15) is 11.8 Å². The van der Waals surface area contributed by atoms with Gasteiger partial charge < -0.3 is 21.5 Å². The highest BCUT2D eigenvalue weighted by Crippen LogP contribution is 2.14. The number of halogens is 2. The van der Waals surface area contributed by atoms with Crippen LogP contribution in [0, 0.1) is 11.6 Å². The standard InChI is InChI=1S/C26H37F2N3O2S/c1-3-5-9-34-17-24(30)26(32)33-25(16-31-15-19-8-6-7-18(4-2)10-19)23(29)13-20-11-21(27)14-22(28)12-20/h6-8,10-12,14,23-25,31H,3-5,9,13,15-17,29-30H2,1-2H3/t23?,24-,25?/m1/s1. The summed E-state index contributed by atoms with van der Waals surface area (Å²) < 4.78 is 32.9. The van der Waals surface area contributed by atoms with Crippen LogP contribution in [0.5, 0.6) is 0 Å². The third kappa shape index (κ3) is 10.1. The number of thioether (sulfide) groups is 1. The van der Waals surface area contributed by atoms with Gasteiger partial charge in [0.2, 0.25) is 0 Å². The Hall–Kier alpha value is -2.00. The highest BCUT2D eigenvalue weighted by molar-refractivity contribution is 7.99. The third-order valence-electron chi connectivity index (χ3n) is 5.46. The first kappa shape index (κ1) is 28.2. The van der Waals surface area contributed by atoms with Gasteiger partial charge >= 0.3 is 5.97 Å².